The van der Waals surface area contributed by atoms with Crippen molar-refractivity contribution in [2.75, 3.05) is 46.5 Å². The molecule has 2 aliphatic heterocycles. The quantitative estimate of drug-likeness (QED) is 0.404. The Labute approximate surface area is 222 Å². The van der Waals surface area contributed by atoms with Crippen LogP contribution in [0.25, 0.3) is 11.0 Å². The molecular formula is C30H34N2O6. The minimum Gasteiger partial charge on any atom is -0.503 e. The zero-order valence-corrected chi connectivity index (χ0v) is 22.1. The Morgan fingerprint density at radius 2 is 1.84 bits per heavy atom. The molecule has 3 heterocycles. The zero-order valence-electron chi connectivity index (χ0n) is 22.1. The number of furan rings is 1. The summed E-state index contributed by atoms with van der Waals surface area (Å²) >= 11 is 0. The number of Topliss-reactive ketones (excluding diaryl/α,β-unsaturated/α-hetero) is 1. The van der Waals surface area contributed by atoms with Crippen molar-refractivity contribution in [1.82, 2.24) is 9.80 Å². The molecule has 2 aromatic carbocycles. The summed E-state index contributed by atoms with van der Waals surface area (Å²) < 4.78 is 16.7. The number of amides is 1. The maximum absolute atomic E-state index is 13.8. The number of carbonyl (C=O) groups excluding carboxylic acids is 2. The zero-order chi connectivity index (χ0) is 26.8. The van der Waals surface area contributed by atoms with Crippen LogP contribution in [0.2, 0.25) is 0 Å². The number of aliphatic hydroxyl groups excluding tert-OH is 1. The van der Waals surface area contributed by atoms with Gasteiger partial charge in [-0.2, -0.15) is 0 Å². The number of morpholine rings is 1. The lowest BCUT2D eigenvalue weighted by atomic mass is 9.93. The second-order valence-electron chi connectivity index (χ2n) is 10.1. The molecule has 1 aromatic heterocycles. The molecule has 5 rings (SSSR count). The number of ether oxygens (including phenoxy) is 2. The third-order valence-corrected chi connectivity index (χ3v) is 7.40. The van der Waals surface area contributed by atoms with Crippen molar-refractivity contribution >= 4 is 22.7 Å². The van der Waals surface area contributed by atoms with Crippen molar-refractivity contribution < 1.29 is 28.6 Å². The fraction of sp³-hybridized carbons (Fsp3) is 0.400. The number of benzene rings is 2. The highest BCUT2D eigenvalue weighted by atomic mass is 16.5. The van der Waals surface area contributed by atoms with Gasteiger partial charge in [0.05, 0.1) is 31.9 Å². The maximum Gasteiger partial charge on any atom is 0.290 e. The summed E-state index contributed by atoms with van der Waals surface area (Å²) in [5.41, 5.74) is 2.41. The molecule has 1 unspecified atom stereocenters. The van der Waals surface area contributed by atoms with E-state index in [0.29, 0.717) is 48.8 Å². The first-order valence-electron chi connectivity index (χ1n) is 13.1. The standard InChI is InChI=1S/C30H34N2O6/c1-19(2)20-8-10-21(11-9-20)26-25(27(33)24-18-22-6-4-7-23(36-3)29(22)38-24)28(34)30(35)32(26)13-5-12-31-14-16-37-17-15-31/h4,6-11,18-19,26,34H,5,12-17H2,1-3H3. The highest BCUT2D eigenvalue weighted by Crippen LogP contribution is 2.40. The lowest BCUT2D eigenvalue weighted by molar-refractivity contribution is -0.129. The van der Waals surface area contributed by atoms with Crippen LogP contribution in [0, 0.1) is 0 Å². The van der Waals surface area contributed by atoms with Crippen LogP contribution in [-0.2, 0) is 9.53 Å². The van der Waals surface area contributed by atoms with Crippen LogP contribution in [0.4, 0.5) is 0 Å². The number of nitrogens with zero attached hydrogens (tertiary/aromatic N) is 2. The Balaban J connectivity index is 1.48. The first-order chi connectivity index (χ1) is 18.4. The number of aliphatic hydroxyl groups is 1. The van der Waals surface area contributed by atoms with E-state index in [1.54, 1.807) is 17.0 Å². The second-order valence-corrected chi connectivity index (χ2v) is 10.1. The van der Waals surface area contributed by atoms with Gasteiger partial charge in [0.25, 0.3) is 5.91 Å². The minimum absolute atomic E-state index is 0.0386. The van der Waals surface area contributed by atoms with Gasteiger partial charge in [0, 0.05) is 31.6 Å². The molecule has 2 aliphatic rings. The number of hydrogen-bond acceptors (Lipinski definition) is 7. The molecule has 1 N–H and O–H groups in total. The van der Waals surface area contributed by atoms with Gasteiger partial charge in [-0.3, -0.25) is 14.5 Å². The predicted molar refractivity (Wildman–Crippen MR) is 144 cm³/mol. The lowest BCUT2D eigenvalue weighted by Gasteiger charge is -2.30. The average Bonchev–Trinajstić information content (AvgIpc) is 3.48. The molecule has 3 aromatic rings. The van der Waals surface area contributed by atoms with Gasteiger partial charge in [0.2, 0.25) is 5.78 Å². The summed E-state index contributed by atoms with van der Waals surface area (Å²) in [6, 6.07) is 14.2. The van der Waals surface area contributed by atoms with Crippen LogP contribution in [0.3, 0.4) is 0 Å². The van der Waals surface area contributed by atoms with E-state index in [9.17, 15) is 14.7 Å². The Bertz CT molecular complexity index is 1350. The fourth-order valence-corrected chi connectivity index (χ4v) is 5.26. The Hall–Kier alpha value is -3.62. The number of carbonyl (C=O) groups is 2. The first kappa shape index (κ1) is 26.0. The molecule has 0 radical (unpaired) electrons. The Morgan fingerprint density at radius 1 is 1.11 bits per heavy atom. The summed E-state index contributed by atoms with van der Waals surface area (Å²) in [4.78, 5) is 31.1. The lowest BCUT2D eigenvalue weighted by Crippen LogP contribution is -2.39. The summed E-state index contributed by atoms with van der Waals surface area (Å²) in [6.07, 6.45) is 0.711. The molecule has 38 heavy (non-hydrogen) atoms. The van der Waals surface area contributed by atoms with E-state index in [-0.39, 0.29) is 11.3 Å². The highest BCUT2D eigenvalue weighted by Gasteiger charge is 2.44. The topological polar surface area (TPSA) is 92.5 Å². The van der Waals surface area contributed by atoms with Gasteiger partial charge in [-0.05, 0) is 35.6 Å². The van der Waals surface area contributed by atoms with Gasteiger partial charge < -0.3 is 23.9 Å². The third-order valence-electron chi connectivity index (χ3n) is 7.40. The molecule has 1 saturated heterocycles. The van der Waals surface area contributed by atoms with Crippen LogP contribution in [0.15, 0.2) is 64.3 Å². The van der Waals surface area contributed by atoms with Gasteiger partial charge in [-0.1, -0.05) is 50.2 Å². The largest absolute Gasteiger partial charge is 0.503 e. The molecule has 8 nitrogen and oxygen atoms in total. The van der Waals surface area contributed by atoms with E-state index in [4.69, 9.17) is 13.9 Å². The molecule has 1 fully saturated rings. The van der Waals surface area contributed by atoms with Crippen molar-refractivity contribution in [3.05, 3.63) is 76.8 Å². The van der Waals surface area contributed by atoms with Gasteiger partial charge in [-0.15, -0.1) is 0 Å². The SMILES string of the molecule is COc1cccc2cc(C(=O)C3=C(O)C(=O)N(CCCN4CCOCC4)C3c3ccc(C(C)C)cc3)oc12. The molecule has 0 bridgehead atoms. The van der Waals surface area contributed by atoms with E-state index in [0.717, 1.165) is 30.8 Å². The molecule has 0 spiro atoms. The summed E-state index contributed by atoms with van der Waals surface area (Å²) in [7, 11) is 1.54. The second kappa shape index (κ2) is 11.0. The van der Waals surface area contributed by atoms with E-state index < -0.39 is 23.5 Å². The van der Waals surface area contributed by atoms with Crippen LogP contribution in [0.5, 0.6) is 5.75 Å². The number of hydrogen-bond donors (Lipinski definition) is 1. The molecule has 200 valence electrons. The van der Waals surface area contributed by atoms with Crippen molar-refractivity contribution in [3.8, 4) is 5.75 Å². The smallest absolute Gasteiger partial charge is 0.290 e. The molecule has 0 aliphatic carbocycles. The molecule has 1 amide bonds. The molecule has 1 atom stereocenters. The van der Waals surface area contributed by atoms with Crippen molar-refractivity contribution in [1.29, 1.82) is 0 Å². The molecular weight excluding hydrogens is 484 g/mol. The van der Waals surface area contributed by atoms with Crippen molar-refractivity contribution in [2.45, 2.75) is 32.2 Å². The normalized spacial score (nSPS) is 18.7. The number of rotatable bonds is 9. The number of fused-ring (bicyclic) bond motifs is 1. The van der Waals surface area contributed by atoms with Crippen LogP contribution in [-0.4, -0.2) is 73.1 Å². The van der Waals surface area contributed by atoms with E-state index in [1.807, 2.05) is 36.4 Å². The molecule has 8 heteroatoms. The van der Waals surface area contributed by atoms with Crippen LogP contribution >= 0.6 is 0 Å². The highest BCUT2D eigenvalue weighted by molar-refractivity contribution is 6.16. The average molecular weight is 519 g/mol. The number of methoxy groups -OCH3 is 1. The molecule has 0 saturated carbocycles. The van der Waals surface area contributed by atoms with Gasteiger partial charge >= 0.3 is 0 Å². The van der Waals surface area contributed by atoms with Crippen molar-refractivity contribution in [3.63, 3.8) is 0 Å². The van der Waals surface area contributed by atoms with Crippen LogP contribution < -0.4 is 4.74 Å². The van der Waals surface area contributed by atoms with E-state index in [2.05, 4.69) is 18.7 Å². The van der Waals surface area contributed by atoms with Gasteiger partial charge in [-0.25, -0.2) is 0 Å². The number of ketones is 1. The summed E-state index contributed by atoms with van der Waals surface area (Å²) in [6.45, 7) is 8.56. The van der Waals surface area contributed by atoms with E-state index in [1.165, 1.54) is 7.11 Å². The summed E-state index contributed by atoms with van der Waals surface area (Å²) in [5, 5.41) is 11.7. The first-order valence-corrected chi connectivity index (χ1v) is 13.1. The van der Waals surface area contributed by atoms with E-state index >= 15 is 0 Å². The fourth-order valence-electron chi connectivity index (χ4n) is 5.26. The third kappa shape index (κ3) is 4.93. The summed E-state index contributed by atoms with van der Waals surface area (Å²) in [5.74, 6) is -0.670. The monoisotopic (exact) mass is 518 g/mol. The number of para-hydroxylation sites is 1. The maximum atomic E-state index is 13.8. The van der Waals surface area contributed by atoms with Gasteiger partial charge in [0.1, 0.15) is 0 Å². The van der Waals surface area contributed by atoms with Crippen LogP contribution in [0.1, 0.15) is 53.9 Å². The predicted octanol–water partition coefficient (Wildman–Crippen LogP) is 4.87. The van der Waals surface area contributed by atoms with Gasteiger partial charge in [0.15, 0.2) is 22.9 Å². The van der Waals surface area contributed by atoms with Crippen molar-refractivity contribution in [2.24, 2.45) is 0 Å². The minimum atomic E-state index is -0.712. The Morgan fingerprint density at radius 3 is 2.53 bits per heavy atom. The Kier molecular flexibility index (Phi) is 7.53.